The average Bonchev–Trinajstić information content (AvgIpc) is 2.72. The molecule has 94 valence electrons. The van der Waals surface area contributed by atoms with Crippen LogP contribution in [0.5, 0.6) is 0 Å². The van der Waals surface area contributed by atoms with Gasteiger partial charge in [0.05, 0.1) is 12.6 Å². The third-order valence-electron chi connectivity index (χ3n) is 3.24. The Morgan fingerprint density at radius 2 is 2.47 bits per heavy atom. The maximum Gasteiger partial charge on any atom is 0.181 e. The molecular formula is C12H18N2O3. The van der Waals surface area contributed by atoms with Crippen molar-refractivity contribution in [2.75, 3.05) is 13.1 Å². The minimum absolute atomic E-state index is 0.0811. The fourth-order valence-electron chi connectivity index (χ4n) is 2.14. The summed E-state index contributed by atoms with van der Waals surface area (Å²) in [5.74, 6) is 0.903. The van der Waals surface area contributed by atoms with E-state index in [1.807, 2.05) is 6.92 Å². The number of rotatable bonds is 3. The van der Waals surface area contributed by atoms with E-state index in [2.05, 4.69) is 10.1 Å². The lowest BCUT2D eigenvalue weighted by atomic mass is 9.97. The van der Waals surface area contributed by atoms with Crippen molar-refractivity contribution >= 4 is 5.78 Å². The topological polar surface area (TPSA) is 66.6 Å². The molecule has 2 heterocycles. The van der Waals surface area contributed by atoms with Crippen LogP contribution in [0.4, 0.5) is 0 Å². The van der Waals surface area contributed by atoms with E-state index < -0.39 is 0 Å². The Kier molecular flexibility index (Phi) is 3.59. The lowest BCUT2D eigenvalue weighted by Gasteiger charge is -2.33. The molecule has 0 radical (unpaired) electrons. The van der Waals surface area contributed by atoms with Crippen LogP contribution in [0.1, 0.15) is 36.5 Å². The zero-order chi connectivity index (χ0) is 12.4. The van der Waals surface area contributed by atoms with Crippen LogP contribution in [0, 0.1) is 5.92 Å². The van der Waals surface area contributed by atoms with E-state index in [1.54, 1.807) is 6.07 Å². The Hall–Kier alpha value is -1.20. The van der Waals surface area contributed by atoms with Crippen molar-refractivity contribution in [3.05, 3.63) is 17.5 Å². The summed E-state index contributed by atoms with van der Waals surface area (Å²) in [5, 5.41) is 13.3. The van der Waals surface area contributed by atoms with Gasteiger partial charge in [0.15, 0.2) is 11.5 Å². The maximum atomic E-state index is 11.1. The van der Waals surface area contributed by atoms with Crippen molar-refractivity contribution in [2.24, 2.45) is 5.92 Å². The smallest absolute Gasteiger partial charge is 0.181 e. The summed E-state index contributed by atoms with van der Waals surface area (Å²) in [7, 11) is 0. The number of likely N-dealkylation sites (tertiary alicyclic amines) is 1. The van der Waals surface area contributed by atoms with Crippen LogP contribution in [0.2, 0.25) is 0 Å². The van der Waals surface area contributed by atoms with Gasteiger partial charge >= 0.3 is 0 Å². The number of carbonyl (C=O) groups is 1. The summed E-state index contributed by atoms with van der Waals surface area (Å²) >= 11 is 0. The van der Waals surface area contributed by atoms with Gasteiger partial charge in [-0.2, -0.15) is 0 Å². The highest BCUT2D eigenvalue weighted by Gasteiger charge is 2.25. The third kappa shape index (κ3) is 2.92. The Bertz CT molecular complexity index is 402. The molecule has 1 aromatic rings. The Morgan fingerprint density at radius 3 is 3.06 bits per heavy atom. The van der Waals surface area contributed by atoms with E-state index in [0.29, 0.717) is 18.0 Å². The van der Waals surface area contributed by atoms with Crippen LogP contribution in [0.15, 0.2) is 10.6 Å². The van der Waals surface area contributed by atoms with Crippen molar-refractivity contribution in [3.8, 4) is 0 Å². The zero-order valence-electron chi connectivity index (χ0n) is 10.2. The summed E-state index contributed by atoms with van der Waals surface area (Å²) in [6.07, 6.45) is 0.586. The molecule has 0 aromatic carbocycles. The minimum atomic E-state index is -0.200. The molecule has 5 nitrogen and oxygen atoms in total. The van der Waals surface area contributed by atoms with Gasteiger partial charge in [-0.1, -0.05) is 12.1 Å². The molecule has 1 N–H and O–H groups in total. The molecule has 1 aliphatic heterocycles. The number of nitrogens with zero attached hydrogens (tertiary/aromatic N) is 2. The minimum Gasteiger partial charge on any atom is -0.393 e. The number of aliphatic hydroxyl groups is 1. The van der Waals surface area contributed by atoms with Gasteiger partial charge in [-0.25, -0.2) is 0 Å². The Labute approximate surface area is 100 Å². The van der Waals surface area contributed by atoms with Gasteiger partial charge in [0.1, 0.15) is 5.69 Å². The first kappa shape index (κ1) is 12.3. The second kappa shape index (κ2) is 4.98. The van der Waals surface area contributed by atoms with Gasteiger partial charge in [-0.05, 0) is 12.3 Å². The van der Waals surface area contributed by atoms with Crippen LogP contribution in [-0.2, 0) is 6.54 Å². The van der Waals surface area contributed by atoms with Crippen LogP contribution in [0.3, 0.4) is 0 Å². The summed E-state index contributed by atoms with van der Waals surface area (Å²) in [6, 6.07) is 1.69. The van der Waals surface area contributed by atoms with Crippen molar-refractivity contribution < 1.29 is 14.4 Å². The molecule has 5 heteroatoms. The lowest BCUT2D eigenvalue weighted by molar-refractivity contribution is 0.0289. The van der Waals surface area contributed by atoms with E-state index in [0.717, 1.165) is 19.5 Å². The van der Waals surface area contributed by atoms with Crippen LogP contribution in [-0.4, -0.2) is 40.1 Å². The molecule has 0 aliphatic carbocycles. The first-order valence-electron chi connectivity index (χ1n) is 5.93. The van der Waals surface area contributed by atoms with E-state index in [1.165, 1.54) is 6.92 Å². The Morgan fingerprint density at radius 1 is 1.71 bits per heavy atom. The molecule has 1 aliphatic rings. The number of Topliss-reactive ketones (excluding diaryl/α,β-unsaturated/α-hetero) is 1. The highest BCUT2D eigenvalue weighted by Crippen LogP contribution is 2.18. The van der Waals surface area contributed by atoms with Crippen LogP contribution in [0.25, 0.3) is 0 Å². The normalized spacial score (nSPS) is 26.1. The van der Waals surface area contributed by atoms with Crippen molar-refractivity contribution in [2.45, 2.75) is 32.9 Å². The molecular weight excluding hydrogens is 220 g/mol. The fourth-order valence-corrected chi connectivity index (χ4v) is 2.14. The summed E-state index contributed by atoms with van der Waals surface area (Å²) in [4.78, 5) is 13.3. The molecule has 1 fully saturated rings. The lowest BCUT2D eigenvalue weighted by Crippen LogP contribution is -2.41. The first-order chi connectivity index (χ1) is 8.06. The van der Waals surface area contributed by atoms with Gasteiger partial charge in [-0.3, -0.25) is 9.69 Å². The van der Waals surface area contributed by atoms with E-state index in [-0.39, 0.29) is 17.8 Å². The number of hydrogen-bond donors (Lipinski definition) is 1. The average molecular weight is 238 g/mol. The van der Waals surface area contributed by atoms with Gasteiger partial charge in [0.2, 0.25) is 0 Å². The van der Waals surface area contributed by atoms with Gasteiger partial charge in [0, 0.05) is 26.1 Å². The zero-order valence-corrected chi connectivity index (χ0v) is 10.2. The second-order valence-corrected chi connectivity index (χ2v) is 4.80. The first-order valence-corrected chi connectivity index (χ1v) is 5.93. The number of aliphatic hydroxyl groups excluding tert-OH is 1. The number of ketones is 1. The Balaban J connectivity index is 1.94. The fraction of sp³-hybridized carbons (Fsp3) is 0.667. The summed E-state index contributed by atoms with van der Waals surface area (Å²) < 4.78 is 5.12. The molecule has 0 spiro atoms. The molecule has 2 atom stereocenters. The van der Waals surface area contributed by atoms with Gasteiger partial charge in [0.25, 0.3) is 0 Å². The van der Waals surface area contributed by atoms with Crippen molar-refractivity contribution in [1.29, 1.82) is 0 Å². The largest absolute Gasteiger partial charge is 0.393 e. The molecule has 2 rings (SSSR count). The van der Waals surface area contributed by atoms with Crippen LogP contribution < -0.4 is 0 Å². The van der Waals surface area contributed by atoms with Gasteiger partial charge in [-0.15, -0.1) is 0 Å². The van der Waals surface area contributed by atoms with Crippen molar-refractivity contribution in [1.82, 2.24) is 10.1 Å². The van der Waals surface area contributed by atoms with E-state index >= 15 is 0 Å². The maximum absolute atomic E-state index is 11.1. The standard InChI is InChI=1S/C12H18N2O3/c1-8-6-14(4-3-12(8)16)7-10-5-11(9(2)15)13-17-10/h5,8,12,16H,3-4,6-7H2,1-2H3. The monoisotopic (exact) mass is 238 g/mol. The molecule has 17 heavy (non-hydrogen) atoms. The predicted molar refractivity (Wildman–Crippen MR) is 61.6 cm³/mol. The molecule has 0 saturated carbocycles. The third-order valence-corrected chi connectivity index (χ3v) is 3.24. The molecule has 1 aromatic heterocycles. The van der Waals surface area contributed by atoms with Gasteiger partial charge < -0.3 is 9.63 Å². The van der Waals surface area contributed by atoms with Crippen LogP contribution >= 0.6 is 0 Å². The highest BCUT2D eigenvalue weighted by molar-refractivity contribution is 5.91. The SMILES string of the molecule is CC(=O)c1cc(CN2CCC(O)C(C)C2)on1. The molecule has 0 amide bonds. The van der Waals surface area contributed by atoms with Crippen molar-refractivity contribution in [3.63, 3.8) is 0 Å². The predicted octanol–water partition coefficient (Wildman–Crippen LogP) is 1.08. The highest BCUT2D eigenvalue weighted by atomic mass is 16.5. The van der Waals surface area contributed by atoms with E-state index in [4.69, 9.17) is 4.52 Å². The van der Waals surface area contributed by atoms with E-state index in [9.17, 15) is 9.90 Å². The quantitative estimate of drug-likeness (QED) is 0.798. The number of carbonyl (C=O) groups excluding carboxylic acids is 1. The number of piperidine rings is 1. The molecule has 0 bridgehead atoms. The molecule has 2 unspecified atom stereocenters. The number of aromatic nitrogens is 1. The molecule has 1 saturated heterocycles. The summed E-state index contributed by atoms with van der Waals surface area (Å²) in [6.45, 7) is 5.86. The number of hydrogen-bond acceptors (Lipinski definition) is 5. The summed E-state index contributed by atoms with van der Waals surface area (Å²) in [5.41, 5.74) is 0.380. The second-order valence-electron chi connectivity index (χ2n) is 4.80.